The predicted molar refractivity (Wildman–Crippen MR) is 290 cm³/mol. The third-order valence-electron chi connectivity index (χ3n) is 15.1. The van der Waals surface area contributed by atoms with Gasteiger partial charge in [0.15, 0.2) is 0 Å². The fourth-order valence-electron chi connectivity index (χ4n) is 11.9. The molecule has 0 bridgehead atoms. The maximum atomic E-state index is 2.56. The molecule has 0 spiro atoms. The second kappa shape index (κ2) is 16.1. The first-order chi connectivity index (χ1) is 34.0. The zero-order chi connectivity index (χ0) is 46.1. The summed E-state index contributed by atoms with van der Waals surface area (Å²) in [4.78, 5) is 2.56. The quantitative estimate of drug-likeness (QED) is 0.147. The third kappa shape index (κ3) is 6.38. The molecule has 0 unspecified atom stereocenters. The Hall–Kier alpha value is -8.52. The molecule has 11 aromatic carbocycles. The number of hydrogen-bond donors (Lipinski definition) is 0. The predicted octanol–water partition coefficient (Wildman–Crippen LogP) is 18.0. The molecule has 0 radical (unpaired) electrons. The van der Waals surface area contributed by atoms with Crippen LogP contribution in [0, 0.1) is 0 Å². The molecule has 0 N–H and O–H groups in total. The summed E-state index contributed by atoms with van der Waals surface area (Å²) < 4.78 is 0. The van der Waals surface area contributed by atoms with Crippen LogP contribution in [-0.2, 0) is 10.8 Å². The fraction of sp³-hybridized carbons (Fsp3) is 0.0588. The van der Waals surface area contributed by atoms with Gasteiger partial charge in [-0.15, -0.1) is 0 Å². The highest BCUT2D eigenvalue weighted by atomic mass is 15.1. The molecule has 2 aliphatic carbocycles. The summed E-state index contributed by atoms with van der Waals surface area (Å²) in [6.07, 6.45) is 0. The molecule has 0 aromatic heterocycles. The molecule has 0 saturated carbocycles. The molecular formula is C68H49N. The Morgan fingerprint density at radius 2 is 0.797 bits per heavy atom. The lowest BCUT2D eigenvalue weighted by Gasteiger charge is -2.35. The topological polar surface area (TPSA) is 3.24 Å². The third-order valence-corrected chi connectivity index (χ3v) is 15.1. The minimum atomic E-state index is -0.534. The van der Waals surface area contributed by atoms with Gasteiger partial charge in [0.1, 0.15) is 0 Å². The van der Waals surface area contributed by atoms with Crippen LogP contribution in [0.3, 0.4) is 0 Å². The first-order valence-corrected chi connectivity index (χ1v) is 24.2. The highest BCUT2D eigenvalue weighted by molar-refractivity contribution is 6.00. The van der Waals surface area contributed by atoms with E-state index in [4.69, 9.17) is 0 Å². The van der Waals surface area contributed by atoms with E-state index < -0.39 is 5.41 Å². The van der Waals surface area contributed by atoms with E-state index in [1.807, 2.05) is 0 Å². The number of anilines is 3. The summed E-state index contributed by atoms with van der Waals surface area (Å²) in [7, 11) is 0. The number of rotatable bonds is 8. The second-order valence-corrected chi connectivity index (χ2v) is 19.2. The molecule has 0 atom stereocenters. The molecule has 69 heavy (non-hydrogen) atoms. The van der Waals surface area contributed by atoms with Gasteiger partial charge in [-0.25, -0.2) is 0 Å². The molecule has 13 rings (SSSR count). The van der Waals surface area contributed by atoms with Crippen LogP contribution in [0.5, 0.6) is 0 Å². The highest BCUT2D eigenvalue weighted by Gasteiger charge is 2.47. The van der Waals surface area contributed by atoms with Gasteiger partial charge < -0.3 is 4.90 Å². The van der Waals surface area contributed by atoms with Gasteiger partial charge >= 0.3 is 0 Å². The van der Waals surface area contributed by atoms with Crippen LogP contribution in [0.4, 0.5) is 17.1 Å². The van der Waals surface area contributed by atoms with Crippen molar-refractivity contribution >= 4 is 27.8 Å². The Labute approximate surface area is 405 Å². The van der Waals surface area contributed by atoms with E-state index in [9.17, 15) is 0 Å². The monoisotopic (exact) mass is 879 g/mol. The molecule has 1 heteroatoms. The van der Waals surface area contributed by atoms with Crippen LogP contribution < -0.4 is 4.90 Å². The molecule has 0 heterocycles. The van der Waals surface area contributed by atoms with E-state index in [-0.39, 0.29) is 5.41 Å². The van der Waals surface area contributed by atoms with Gasteiger partial charge in [-0.2, -0.15) is 0 Å². The van der Waals surface area contributed by atoms with Crippen LogP contribution in [-0.4, -0.2) is 0 Å². The molecule has 0 amide bonds. The Morgan fingerprint density at radius 1 is 0.290 bits per heavy atom. The normalized spacial score (nSPS) is 13.6. The number of para-hydroxylation sites is 1. The minimum Gasteiger partial charge on any atom is -0.309 e. The maximum Gasteiger partial charge on any atom is 0.0714 e. The van der Waals surface area contributed by atoms with E-state index in [2.05, 4.69) is 280 Å². The zero-order valence-electron chi connectivity index (χ0n) is 38.8. The number of fused-ring (bicyclic) bond motifs is 7. The van der Waals surface area contributed by atoms with Gasteiger partial charge in [0.05, 0.1) is 16.8 Å². The summed E-state index contributed by atoms with van der Waals surface area (Å²) in [6, 6.07) is 96.9. The van der Waals surface area contributed by atoms with Crippen molar-refractivity contribution in [2.45, 2.75) is 24.7 Å². The van der Waals surface area contributed by atoms with E-state index in [1.54, 1.807) is 0 Å². The van der Waals surface area contributed by atoms with E-state index in [1.165, 1.54) is 99.8 Å². The van der Waals surface area contributed by atoms with Crippen molar-refractivity contribution in [3.8, 4) is 55.6 Å². The van der Waals surface area contributed by atoms with Crippen molar-refractivity contribution in [2.24, 2.45) is 0 Å². The Morgan fingerprint density at radius 3 is 1.54 bits per heavy atom. The second-order valence-electron chi connectivity index (χ2n) is 19.2. The van der Waals surface area contributed by atoms with Crippen molar-refractivity contribution < 1.29 is 0 Å². The lowest BCUT2D eigenvalue weighted by molar-refractivity contribution is 0.660. The number of benzene rings is 11. The van der Waals surface area contributed by atoms with Crippen LogP contribution in [0.15, 0.2) is 261 Å². The van der Waals surface area contributed by atoms with E-state index in [0.717, 1.165) is 17.1 Å². The van der Waals surface area contributed by atoms with Gasteiger partial charge in [-0.3, -0.25) is 0 Å². The molecule has 0 aliphatic heterocycles. The maximum absolute atomic E-state index is 2.56. The SMILES string of the molecule is CC1(C)c2cc(-c3ccc4ccccc4c3)ccc2-c2ccc(N(c3ccccc3-c3ccc(-c4ccccc4)cc3)c3cccc4c3-c3ccccc3C4(c3ccccc3)c3ccccc3)cc21. The molecule has 326 valence electrons. The summed E-state index contributed by atoms with van der Waals surface area (Å²) in [5.41, 5.74) is 22.7. The van der Waals surface area contributed by atoms with Gasteiger partial charge in [-0.1, -0.05) is 238 Å². The van der Waals surface area contributed by atoms with Crippen LogP contribution in [0.25, 0.3) is 66.4 Å². The van der Waals surface area contributed by atoms with Crippen molar-refractivity contribution in [1.82, 2.24) is 0 Å². The van der Waals surface area contributed by atoms with Crippen molar-refractivity contribution in [1.29, 1.82) is 0 Å². The van der Waals surface area contributed by atoms with Crippen molar-refractivity contribution in [3.63, 3.8) is 0 Å². The standard InChI is InChI=1S/C68H49N/c1-67(2)62-44-52(51-38-35-47-21-12-13-22-50(47)43-51)39-41-57(62)58-42-40-55(45-63(58)67)69(64-31-17-15-27-56(64)49-36-33-48(34-37-49)46-19-6-3-7-20-46)65-32-18-30-61-66(65)59-28-14-16-29-60(59)68(61,53-23-8-4-9-24-53)54-25-10-5-11-26-54/h3-45H,1-2H3. The molecule has 11 aromatic rings. The van der Waals surface area contributed by atoms with E-state index >= 15 is 0 Å². The molecule has 0 saturated heterocycles. The first-order valence-electron chi connectivity index (χ1n) is 24.2. The van der Waals surface area contributed by atoms with Crippen LogP contribution >= 0.6 is 0 Å². The van der Waals surface area contributed by atoms with Gasteiger partial charge in [0, 0.05) is 22.2 Å². The fourth-order valence-corrected chi connectivity index (χ4v) is 11.9. The molecule has 0 fully saturated rings. The number of nitrogens with zero attached hydrogens (tertiary/aromatic N) is 1. The van der Waals surface area contributed by atoms with Crippen LogP contribution in [0.2, 0.25) is 0 Å². The summed E-state index contributed by atoms with van der Waals surface area (Å²) in [6.45, 7) is 4.81. The number of hydrogen-bond acceptors (Lipinski definition) is 1. The smallest absolute Gasteiger partial charge is 0.0714 e. The molecule has 1 nitrogen and oxygen atoms in total. The molecular weight excluding hydrogens is 831 g/mol. The summed E-state index contributed by atoms with van der Waals surface area (Å²) >= 11 is 0. The van der Waals surface area contributed by atoms with Gasteiger partial charge in [0.25, 0.3) is 0 Å². The largest absolute Gasteiger partial charge is 0.309 e. The lowest BCUT2D eigenvalue weighted by atomic mass is 9.68. The average Bonchev–Trinajstić information content (AvgIpc) is 3.85. The Balaban J connectivity index is 1.03. The van der Waals surface area contributed by atoms with Crippen molar-refractivity contribution in [3.05, 3.63) is 294 Å². The summed E-state index contributed by atoms with van der Waals surface area (Å²) in [5, 5.41) is 2.52. The van der Waals surface area contributed by atoms with E-state index in [0.29, 0.717) is 0 Å². The van der Waals surface area contributed by atoms with Gasteiger partial charge in [0.2, 0.25) is 0 Å². The van der Waals surface area contributed by atoms with Crippen LogP contribution in [0.1, 0.15) is 47.2 Å². The summed E-state index contributed by atoms with van der Waals surface area (Å²) in [5.74, 6) is 0. The first kappa shape index (κ1) is 40.7. The minimum absolute atomic E-state index is 0.257. The van der Waals surface area contributed by atoms with Crippen molar-refractivity contribution in [2.75, 3.05) is 4.90 Å². The molecule has 2 aliphatic rings. The van der Waals surface area contributed by atoms with Gasteiger partial charge in [-0.05, 0) is 125 Å². The highest BCUT2D eigenvalue weighted by Crippen LogP contribution is 2.60. The Kier molecular flexibility index (Phi) is 9.49. The average molecular weight is 880 g/mol. The Bertz CT molecular complexity index is 3700. The zero-order valence-corrected chi connectivity index (χ0v) is 38.8. The lowest BCUT2D eigenvalue weighted by Crippen LogP contribution is -2.28.